The zero-order valence-corrected chi connectivity index (χ0v) is 21.8. The number of halogens is 1. The fourth-order valence-corrected chi connectivity index (χ4v) is 5.36. The summed E-state index contributed by atoms with van der Waals surface area (Å²) in [6.45, 7) is 7.24. The van der Waals surface area contributed by atoms with Crippen molar-refractivity contribution in [2.24, 2.45) is 0 Å². The topological polar surface area (TPSA) is 46.0 Å². The highest BCUT2D eigenvalue weighted by atomic mass is 79.9. The van der Waals surface area contributed by atoms with E-state index in [2.05, 4.69) is 97.9 Å². The molecule has 7 heteroatoms. The van der Waals surface area contributed by atoms with E-state index in [1.165, 1.54) is 28.1 Å². The molecule has 0 amide bonds. The summed E-state index contributed by atoms with van der Waals surface area (Å²) in [5, 5.41) is 4.28. The molecule has 5 rings (SSSR count). The lowest BCUT2D eigenvalue weighted by Gasteiger charge is -2.28. The van der Waals surface area contributed by atoms with Crippen LogP contribution in [-0.2, 0) is 6.54 Å². The quantitative estimate of drug-likeness (QED) is 0.311. The molecule has 4 heterocycles. The maximum Gasteiger partial charge on any atom is 0.174 e. The number of hydrogen-bond acceptors (Lipinski definition) is 3. The number of nitrogens with one attached hydrogen (secondary N) is 1. The second-order valence-electron chi connectivity index (χ2n) is 8.70. The van der Waals surface area contributed by atoms with Crippen LogP contribution in [0.5, 0.6) is 0 Å². The Hall–Kier alpha value is -3.03. The van der Waals surface area contributed by atoms with Gasteiger partial charge < -0.3 is 14.8 Å². The molecule has 0 spiro atoms. The molecule has 3 aromatic heterocycles. The minimum atomic E-state index is -0.0648. The molecule has 0 radical (unpaired) electrons. The number of aryl methyl sites for hydroxylation is 2. The fraction of sp³-hybridized carbons (Fsp3) is 0.222. The average Bonchev–Trinajstić information content (AvgIpc) is 3.33. The third-order valence-electron chi connectivity index (χ3n) is 6.51. The summed E-state index contributed by atoms with van der Waals surface area (Å²) in [5.41, 5.74) is 8.06. The molecule has 1 fully saturated rings. The van der Waals surface area contributed by atoms with Crippen molar-refractivity contribution >= 4 is 38.9 Å². The van der Waals surface area contributed by atoms with E-state index in [0.29, 0.717) is 5.11 Å². The van der Waals surface area contributed by atoms with Gasteiger partial charge in [0.05, 0.1) is 17.8 Å². The van der Waals surface area contributed by atoms with Crippen molar-refractivity contribution in [3.8, 4) is 0 Å². The predicted molar refractivity (Wildman–Crippen MR) is 144 cm³/mol. The monoisotopic (exact) mass is 531 g/mol. The van der Waals surface area contributed by atoms with Gasteiger partial charge in [0, 0.05) is 46.7 Å². The highest BCUT2D eigenvalue weighted by Crippen LogP contribution is 2.43. The first-order valence-corrected chi connectivity index (χ1v) is 12.5. The summed E-state index contributed by atoms with van der Waals surface area (Å²) < 4.78 is 3.44. The second kappa shape index (κ2) is 9.31. The number of nitrogens with zero attached hydrogens (tertiary/aromatic N) is 4. The van der Waals surface area contributed by atoms with Crippen LogP contribution in [-0.4, -0.2) is 19.6 Å². The first-order valence-electron chi connectivity index (χ1n) is 11.3. The van der Waals surface area contributed by atoms with Gasteiger partial charge in [-0.15, -0.1) is 0 Å². The Labute approximate surface area is 214 Å². The number of pyridine rings is 2. The molecule has 0 unspecified atom stereocenters. The molecule has 5 nitrogen and oxygen atoms in total. The van der Waals surface area contributed by atoms with Crippen molar-refractivity contribution < 1.29 is 0 Å². The fourth-order valence-electron chi connectivity index (χ4n) is 4.77. The van der Waals surface area contributed by atoms with E-state index in [1.807, 2.05) is 36.8 Å². The predicted octanol–water partition coefficient (Wildman–Crippen LogP) is 6.19. The zero-order valence-electron chi connectivity index (χ0n) is 19.4. The summed E-state index contributed by atoms with van der Waals surface area (Å²) >= 11 is 9.53. The molecule has 4 aromatic rings. The molecular weight excluding hydrogens is 506 g/mol. The van der Waals surface area contributed by atoms with Crippen molar-refractivity contribution in [1.29, 1.82) is 0 Å². The van der Waals surface area contributed by atoms with E-state index >= 15 is 0 Å². The lowest BCUT2D eigenvalue weighted by atomic mass is 9.96. The van der Waals surface area contributed by atoms with Gasteiger partial charge in [0.1, 0.15) is 0 Å². The number of hydrogen-bond donors (Lipinski definition) is 1. The Bertz CT molecular complexity index is 1340. The minimum Gasteiger partial charge on any atom is -0.351 e. The second-order valence-corrected chi connectivity index (χ2v) is 9.95. The van der Waals surface area contributed by atoms with Gasteiger partial charge in [-0.3, -0.25) is 9.97 Å². The van der Waals surface area contributed by atoms with Crippen molar-refractivity contribution in [2.45, 2.75) is 39.4 Å². The van der Waals surface area contributed by atoms with Crippen LogP contribution in [0.3, 0.4) is 0 Å². The highest BCUT2D eigenvalue weighted by molar-refractivity contribution is 9.10. The lowest BCUT2D eigenvalue weighted by Crippen LogP contribution is -2.29. The van der Waals surface area contributed by atoms with Gasteiger partial charge >= 0.3 is 0 Å². The minimum absolute atomic E-state index is 0.0307. The van der Waals surface area contributed by atoms with Gasteiger partial charge in [0.15, 0.2) is 5.11 Å². The number of benzene rings is 1. The Morgan fingerprint density at radius 1 is 1.03 bits per heavy atom. The van der Waals surface area contributed by atoms with Gasteiger partial charge in [-0.1, -0.05) is 28.1 Å². The SMILES string of the molecule is Cc1cc(N2C(=S)N[C@H](c3ccccn3)[C@H]2c2cc(C)n(Cc3cccnc3)c2C)ccc1Br. The van der Waals surface area contributed by atoms with Gasteiger partial charge in [-0.05, 0) is 92.1 Å². The van der Waals surface area contributed by atoms with Crippen LogP contribution in [0.2, 0.25) is 0 Å². The maximum atomic E-state index is 5.90. The van der Waals surface area contributed by atoms with Crippen LogP contribution in [0, 0.1) is 20.8 Å². The molecule has 172 valence electrons. The van der Waals surface area contributed by atoms with Crippen LogP contribution in [0.4, 0.5) is 5.69 Å². The largest absolute Gasteiger partial charge is 0.351 e. The molecule has 1 aliphatic heterocycles. The average molecular weight is 533 g/mol. The third-order valence-corrected chi connectivity index (χ3v) is 7.72. The summed E-state index contributed by atoms with van der Waals surface area (Å²) in [6, 6.07) is 18.7. The van der Waals surface area contributed by atoms with Crippen molar-refractivity contribution in [2.75, 3.05) is 4.90 Å². The summed E-state index contributed by atoms with van der Waals surface area (Å²) in [7, 11) is 0. The van der Waals surface area contributed by atoms with Crippen LogP contribution in [0.25, 0.3) is 0 Å². The van der Waals surface area contributed by atoms with Gasteiger partial charge in [0.25, 0.3) is 0 Å². The van der Waals surface area contributed by atoms with Crippen LogP contribution < -0.4 is 10.2 Å². The normalized spacial score (nSPS) is 17.8. The van der Waals surface area contributed by atoms with Crippen molar-refractivity contribution in [3.63, 3.8) is 0 Å². The van der Waals surface area contributed by atoms with E-state index in [0.717, 1.165) is 22.4 Å². The highest BCUT2D eigenvalue weighted by Gasteiger charge is 2.42. The van der Waals surface area contributed by atoms with E-state index in [4.69, 9.17) is 12.2 Å². The molecule has 1 saturated heterocycles. The van der Waals surface area contributed by atoms with Gasteiger partial charge in [0.2, 0.25) is 0 Å². The molecule has 1 aromatic carbocycles. The molecule has 1 aliphatic rings. The summed E-state index contributed by atoms with van der Waals surface area (Å²) in [5.74, 6) is 0. The molecule has 0 bridgehead atoms. The zero-order chi connectivity index (χ0) is 23.8. The number of anilines is 1. The third kappa shape index (κ3) is 4.14. The summed E-state index contributed by atoms with van der Waals surface area (Å²) in [6.07, 6.45) is 5.58. The van der Waals surface area contributed by atoms with Crippen molar-refractivity contribution in [3.05, 3.63) is 111 Å². The van der Waals surface area contributed by atoms with E-state index in [1.54, 1.807) is 0 Å². The van der Waals surface area contributed by atoms with Crippen molar-refractivity contribution in [1.82, 2.24) is 19.9 Å². The standard InChI is InChI=1S/C27H26BrN5S/c1-17-13-21(9-10-23(17)28)33-26(25(31-27(33)34)24-8-4-5-12-30-24)22-14-18(2)32(19(22)3)16-20-7-6-11-29-15-20/h4-15,25-26H,16H2,1-3H3,(H,31,34)/t25-,26-/m1/s1. The number of aromatic nitrogens is 3. The Balaban J connectivity index is 1.63. The van der Waals surface area contributed by atoms with Gasteiger partial charge in [-0.2, -0.15) is 0 Å². The Morgan fingerprint density at radius 3 is 2.59 bits per heavy atom. The first kappa shape index (κ1) is 22.7. The lowest BCUT2D eigenvalue weighted by molar-refractivity contribution is 0.563. The first-order chi connectivity index (χ1) is 16.4. The van der Waals surface area contributed by atoms with E-state index < -0.39 is 0 Å². The molecule has 0 saturated carbocycles. The smallest absolute Gasteiger partial charge is 0.174 e. The van der Waals surface area contributed by atoms with Gasteiger partial charge in [-0.25, -0.2) is 0 Å². The Morgan fingerprint density at radius 2 is 1.88 bits per heavy atom. The molecule has 0 aliphatic carbocycles. The molecular formula is C27H26BrN5S. The summed E-state index contributed by atoms with van der Waals surface area (Å²) in [4.78, 5) is 11.2. The van der Waals surface area contributed by atoms with Crippen LogP contribution in [0.15, 0.2) is 77.7 Å². The number of rotatable bonds is 5. The Kier molecular flexibility index (Phi) is 6.23. The van der Waals surface area contributed by atoms with Crippen LogP contribution >= 0.6 is 28.1 Å². The number of thiocarbonyl (C=S) groups is 1. The molecule has 1 N–H and O–H groups in total. The van der Waals surface area contributed by atoms with E-state index in [9.17, 15) is 0 Å². The van der Waals surface area contributed by atoms with Crippen LogP contribution in [0.1, 0.15) is 45.9 Å². The molecule has 34 heavy (non-hydrogen) atoms. The van der Waals surface area contributed by atoms with E-state index in [-0.39, 0.29) is 12.1 Å². The maximum absolute atomic E-state index is 5.90. The molecule has 2 atom stereocenters.